The highest BCUT2D eigenvalue weighted by Crippen LogP contribution is 2.26. The van der Waals surface area contributed by atoms with E-state index in [0.717, 1.165) is 31.6 Å². The topological polar surface area (TPSA) is 18.5 Å². The molecule has 1 saturated heterocycles. The highest BCUT2D eigenvalue weighted by atomic mass is 19.1. The van der Waals surface area contributed by atoms with E-state index in [-0.39, 0.29) is 11.9 Å². The Kier molecular flexibility index (Phi) is 4.91. The molecule has 1 heterocycles. The molecular weight excluding hydrogens is 241 g/mol. The van der Waals surface area contributed by atoms with Crippen molar-refractivity contribution in [3.05, 3.63) is 35.6 Å². The average molecular weight is 265 g/mol. The zero-order chi connectivity index (χ0) is 13.8. The Hall–Kier alpha value is -0.970. The number of rotatable bonds is 4. The van der Waals surface area contributed by atoms with Gasteiger partial charge in [-0.1, -0.05) is 12.1 Å². The summed E-state index contributed by atoms with van der Waals surface area (Å²) in [4.78, 5) is 4.57. The Morgan fingerprint density at radius 1 is 1.47 bits per heavy atom. The number of nitrogens with one attached hydrogen (secondary N) is 1. The molecule has 0 radical (unpaired) electrons. The minimum Gasteiger partial charge on any atom is -0.314 e. The van der Waals surface area contributed by atoms with Crippen molar-refractivity contribution in [3.63, 3.8) is 0 Å². The monoisotopic (exact) mass is 265 g/mol. The fraction of sp³-hybridized carbons (Fsp3) is 0.600. The SMILES string of the molecule is CN(C)C(CC1CNCCN1C)c1cccc(F)c1. The molecule has 1 aromatic carbocycles. The van der Waals surface area contributed by atoms with Crippen molar-refractivity contribution in [1.82, 2.24) is 15.1 Å². The van der Waals surface area contributed by atoms with Crippen LogP contribution >= 0.6 is 0 Å². The number of halogens is 1. The van der Waals surface area contributed by atoms with Crippen LogP contribution in [0.3, 0.4) is 0 Å². The molecule has 1 aromatic rings. The van der Waals surface area contributed by atoms with Crippen molar-refractivity contribution in [3.8, 4) is 0 Å². The Bertz CT molecular complexity index is 408. The van der Waals surface area contributed by atoms with E-state index >= 15 is 0 Å². The molecular formula is C15H24FN3. The minimum absolute atomic E-state index is 0.153. The van der Waals surface area contributed by atoms with Gasteiger partial charge in [-0.2, -0.15) is 0 Å². The number of nitrogens with zero attached hydrogens (tertiary/aromatic N) is 2. The lowest BCUT2D eigenvalue weighted by atomic mass is 9.96. The van der Waals surface area contributed by atoms with Gasteiger partial charge in [0.05, 0.1) is 0 Å². The van der Waals surface area contributed by atoms with Crippen molar-refractivity contribution in [1.29, 1.82) is 0 Å². The molecule has 1 aliphatic rings. The van der Waals surface area contributed by atoms with E-state index in [4.69, 9.17) is 0 Å². The van der Waals surface area contributed by atoms with Crippen LogP contribution in [0, 0.1) is 5.82 Å². The molecule has 0 saturated carbocycles. The van der Waals surface area contributed by atoms with Crippen LogP contribution in [-0.4, -0.2) is 56.6 Å². The summed E-state index contributed by atoms with van der Waals surface area (Å²) in [5.41, 5.74) is 1.06. The van der Waals surface area contributed by atoms with Gasteiger partial charge in [0.15, 0.2) is 0 Å². The first kappa shape index (κ1) is 14.4. The molecule has 19 heavy (non-hydrogen) atoms. The Morgan fingerprint density at radius 2 is 2.26 bits per heavy atom. The zero-order valence-electron chi connectivity index (χ0n) is 12.1. The third-order valence-corrected chi connectivity index (χ3v) is 4.00. The number of piperazine rings is 1. The van der Waals surface area contributed by atoms with Gasteiger partial charge in [-0.25, -0.2) is 4.39 Å². The first-order valence-electron chi connectivity index (χ1n) is 6.91. The standard InChI is InChI=1S/C15H24FN3/c1-18(2)15(12-5-4-6-13(16)9-12)10-14-11-17-7-8-19(14)3/h4-6,9,14-15,17H,7-8,10-11H2,1-3H3. The Labute approximate surface area is 115 Å². The highest BCUT2D eigenvalue weighted by molar-refractivity contribution is 5.20. The van der Waals surface area contributed by atoms with Crippen LogP contribution in [0.4, 0.5) is 4.39 Å². The summed E-state index contributed by atoms with van der Waals surface area (Å²) in [6, 6.07) is 7.73. The average Bonchev–Trinajstić information content (AvgIpc) is 2.37. The molecule has 0 aliphatic carbocycles. The van der Waals surface area contributed by atoms with Gasteiger partial charge < -0.3 is 15.1 Å². The highest BCUT2D eigenvalue weighted by Gasteiger charge is 2.24. The largest absolute Gasteiger partial charge is 0.314 e. The second-order valence-electron chi connectivity index (χ2n) is 5.61. The molecule has 2 unspecified atom stereocenters. The van der Waals surface area contributed by atoms with Crippen LogP contribution in [0.25, 0.3) is 0 Å². The van der Waals surface area contributed by atoms with E-state index in [2.05, 4.69) is 36.3 Å². The maximum atomic E-state index is 13.4. The van der Waals surface area contributed by atoms with E-state index in [9.17, 15) is 4.39 Å². The van der Waals surface area contributed by atoms with Gasteiger partial charge in [0.2, 0.25) is 0 Å². The fourth-order valence-electron chi connectivity index (χ4n) is 2.74. The first-order valence-corrected chi connectivity index (χ1v) is 6.91. The van der Waals surface area contributed by atoms with E-state index in [1.807, 2.05) is 6.07 Å². The summed E-state index contributed by atoms with van der Waals surface area (Å²) in [7, 11) is 6.29. The first-order chi connectivity index (χ1) is 9.08. The van der Waals surface area contributed by atoms with Crippen LogP contribution in [0.15, 0.2) is 24.3 Å². The maximum Gasteiger partial charge on any atom is 0.123 e. The van der Waals surface area contributed by atoms with Crippen LogP contribution < -0.4 is 5.32 Å². The van der Waals surface area contributed by atoms with E-state index in [1.54, 1.807) is 12.1 Å². The lowest BCUT2D eigenvalue weighted by Crippen LogP contribution is -2.50. The van der Waals surface area contributed by atoms with Crippen molar-refractivity contribution >= 4 is 0 Å². The zero-order valence-corrected chi connectivity index (χ0v) is 12.1. The van der Waals surface area contributed by atoms with Gasteiger partial charge in [0.1, 0.15) is 5.82 Å². The fourth-order valence-corrected chi connectivity index (χ4v) is 2.74. The van der Waals surface area contributed by atoms with Crippen molar-refractivity contribution in [2.75, 3.05) is 40.8 Å². The normalized spacial score (nSPS) is 22.7. The lowest BCUT2D eigenvalue weighted by molar-refractivity contribution is 0.149. The summed E-state index contributed by atoms with van der Waals surface area (Å²) < 4.78 is 13.4. The second-order valence-corrected chi connectivity index (χ2v) is 5.61. The van der Waals surface area contributed by atoms with Crippen molar-refractivity contribution in [2.45, 2.75) is 18.5 Å². The third kappa shape index (κ3) is 3.75. The van der Waals surface area contributed by atoms with Gasteiger partial charge in [0.25, 0.3) is 0 Å². The van der Waals surface area contributed by atoms with Crippen LogP contribution in [0.1, 0.15) is 18.0 Å². The van der Waals surface area contributed by atoms with Crippen molar-refractivity contribution in [2.24, 2.45) is 0 Å². The smallest absolute Gasteiger partial charge is 0.123 e. The summed E-state index contributed by atoms with van der Waals surface area (Å²) >= 11 is 0. The Morgan fingerprint density at radius 3 is 2.89 bits per heavy atom. The number of likely N-dealkylation sites (N-methyl/N-ethyl adjacent to an activating group) is 1. The van der Waals surface area contributed by atoms with Crippen LogP contribution in [-0.2, 0) is 0 Å². The van der Waals surface area contributed by atoms with Gasteiger partial charge >= 0.3 is 0 Å². The maximum absolute atomic E-state index is 13.4. The number of hydrogen-bond acceptors (Lipinski definition) is 3. The summed E-state index contributed by atoms with van der Waals surface area (Å²) in [6.07, 6.45) is 1.01. The molecule has 3 nitrogen and oxygen atoms in total. The van der Waals surface area contributed by atoms with E-state index < -0.39 is 0 Å². The van der Waals surface area contributed by atoms with Gasteiger partial charge in [-0.15, -0.1) is 0 Å². The molecule has 0 bridgehead atoms. The molecule has 0 spiro atoms. The minimum atomic E-state index is -0.153. The van der Waals surface area contributed by atoms with Crippen LogP contribution in [0.5, 0.6) is 0 Å². The molecule has 2 rings (SSSR count). The molecule has 106 valence electrons. The lowest BCUT2D eigenvalue weighted by Gasteiger charge is -2.37. The van der Waals surface area contributed by atoms with E-state index in [0.29, 0.717) is 6.04 Å². The molecule has 1 fully saturated rings. The predicted octanol–water partition coefficient (Wildman–Crippen LogP) is 1.72. The number of hydrogen-bond donors (Lipinski definition) is 1. The molecule has 0 aromatic heterocycles. The molecule has 1 aliphatic heterocycles. The quantitative estimate of drug-likeness (QED) is 0.894. The van der Waals surface area contributed by atoms with Gasteiger partial charge in [-0.3, -0.25) is 0 Å². The van der Waals surface area contributed by atoms with Gasteiger partial charge in [0, 0.05) is 31.7 Å². The molecule has 0 amide bonds. The van der Waals surface area contributed by atoms with Gasteiger partial charge in [-0.05, 0) is 45.3 Å². The molecule has 2 atom stereocenters. The third-order valence-electron chi connectivity index (χ3n) is 4.00. The summed E-state index contributed by atoms with van der Waals surface area (Å²) in [6.45, 7) is 3.14. The number of benzene rings is 1. The van der Waals surface area contributed by atoms with Crippen LogP contribution in [0.2, 0.25) is 0 Å². The van der Waals surface area contributed by atoms with Crippen molar-refractivity contribution < 1.29 is 4.39 Å². The predicted molar refractivity (Wildman–Crippen MR) is 76.7 cm³/mol. The Balaban J connectivity index is 2.12. The molecule has 1 N–H and O–H groups in total. The summed E-state index contributed by atoms with van der Waals surface area (Å²) in [5, 5.41) is 3.44. The second kappa shape index (κ2) is 6.46. The summed E-state index contributed by atoms with van der Waals surface area (Å²) in [5.74, 6) is -0.153. The van der Waals surface area contributed by atoms with E-state index in [1.165, 1.54) is 6.07 Å². The molecule has 4 heteroatoms.